The molecule has 2 rings (SSSR count). The van der Waals surface area contributed by atoms with E-state index in [9.17, 15) is 14.3 Å². The van der Waals surface area contributed by atoms with Crippen LogP contribution in [0.15, 0.2) is 18.2 Å². The maximum atomic E-state index is 13.3. The summed E-state index contributed by atoms with van der Waals surface area (Å²) in [7, 11) is 0. The minimum atomic E-state index is -0.547. The number of ether oxygens (including phenoxy) is 1. The summed E-state index contributed by atoms with van der Waals surface area (Å²) in [6.07, 6.45) is -0.423. The fraction of sp³-hybridized carbons (Fsp3) is 0.588. The minimum Gasteiger partial charge on any atom is -0.444 e. The second-order valence-corrected chi connectivity index (χ2v) is 6.89. The van der Waals surface area contributed by atoms with Gasteiger partial charge in [0.15, 0.2) is 0 Å². The summed E-state index contributed by atoms with van der Waals surface area (Å²) >= 11 is 0. The lowest BCUT2D eigenvalue weighted by Crippen LogP contribution is -2.46. The quantitative estimate of drug-likeness (QED) is 0.866. The summed E-state index contributed by atoms with van der Waals surface area (Å²) in [6.45, 7) is 8.13. The van der Waals surface area contributed by atoms with Crippen LogP contribution < -0.4 is 0 Å². The highest BCUT2D eigenvalue weighted by molar-refractivity contribution is 5.68. The van der Waals surface area contributed by atoms with E-state index >= 15 is 0 Å². The monoisotopic (exact) mass is 309 g/mol. The Morgan fingerprint density at radius 1 is 1.41 bits per heavy atom. The van der Waals surface area contributed by atoms with Crippen molar-refractivity contribution in [3.8, 4) is 0 Å². The van der Waals surface area contributed by atoms with Gasteiger partial charge in [-0.1, -0.05) is 6.07 Å². The van der Waals surface area contributed by atoms with Crippen molar-refractivity contribution >= 4 is 6.09 Å². The van der Waals surface area contributed by atoms with Crippen molar-refractivity contribution < 1.29 is 19.0 Å². The van der Waals surface area contributed by atoms with Crippen LogP contribution in [0.5, 0.6) is 0 Å². The number of carbonyl (C=O) groups excluding carboxylic acids is 1. The Balaban J connectivity index is 2.16. The molecule has 2 atom stereocenters. The average Bonchev–Trinajstić information content (AvgIpc) is 2.38. The molecule has 1 N–H and O–H groups in total. The molecule has 22 heavy (non-hydrogen) atoms. The lowest BCUT2D eigenvalue weighted by atomic mass is 9.86. The molecule has 0 aliphatic carbocycles. The average molecular weight is 309 g/mol. The van der Waals surface area contributed by atoms with E-state index in [0.717, 1.165) is 11.1 Å². The van der Waals surface area contributed by atoms with Gasteiger partial charge in [0, 0.05) is 19.0 Å². The normalized spacial score (nSPS) is 22.5. The van der Waals surface area contributed by atoms with E-state index < -0.39 is 11.7 Å². The first-order valence-electron chi connectivity index (χ1n) is 7.59. The van der Waals surface area contributed by atoms with E-state index in [4.69, 9.17) is 4.74 Å². The maximum Gasteiger partial charge on any atom is 0.410 e. The van der Waals surface area contributed by atoms with Gasteiger partial charge in [-0.05, 0) is 57.4 Å². The number of aryl methyl sites for hydroxylation is 1. The Bertz CT molecular complexity index is 553. The molecule has 4 nitrogen and oxygen atoms in total. The van der Waals surface area contributed by atoms with Gasteiger partial charge < -0.3 is 14.7 Å². The molecule has 0 unspecified atom stereocenters. The number of aliphatic hydroxyl groups is 1. The summed E-state index contributed by atoms with van der Waals surface area (Å²) in [5.41, 5.74) is 1.12. The number of likely N-dealkylation sites (tertiary alicyclic amines) is 1. The van der Waals surface area contributed by atoms with Crippen LogP contribution >= 0.6 is 0 Å². The molecule has 0 radical (unpaired) electrons. The highest BCUT2D eigenvalue weighted by Crippen LogP contribution is 2.30. The van der Waals surface area contributed by atoms with Gasteiger partial charge in [-0.2, -0.15) is 0 Å². The molecule has 0 bridgehead atoms. The minimum absolute atomic E-state index is 0.220. The Morgan fingerprint density at radius 2 is 2.09 bits per heavy atom. The largest absolute Gasteiger partial charge is 0.444 e. The van der Waals surface area contributed by atoms with Crippen LogP contribution in [0.1, 0.15) is 44.2 Å². The van der Waals surface area contributed by atoms with Crippen molar-refractivity contribution in [2.75, 3.05) is 13.1 Å². The third-order valence-electron chi connectivity index (χ3n) is 3.86. The van der Waals surface area contributed by atoms with Crippen LogP contribution in [0, 0.1) is 12.7 Å². The highest BCUT2D eigenvalue weighted by Gasteiger charge is 2.34. The van der Waals surface area contributed by atoms with Crippen molar-refractivity contribution in [3.05, 3.63) is 35.1 Å². The van der Waals surface area contributed by atoms with Crippen LogP contribution in [-0.4, -0.2) is 40.9 Å². The number of benzene rings is 1. The van der Waals surface area contributed by atoms with Crippen molar-refractivity contribution in [2.45, 2.75) is 51.7 Å². The van der Waals surface area contributed by atoms with E-state index in [2.05, 4.69) is 0 Å². The first kappa shape index (κ1) is 16.7. The van der Waals surface area contributed by atoms with Crippen molar-refractivity contribution in [1.82, 2.24) is 4.90 Å². The number of aliphatic hydroxyl groups excluding tert-OH is 1. The van der Waals surface area contributed by atoms with Gasteiger partial charge in [0.2, 0.25) is 0 Å². The van der Waals surface area contributed by atoms with Crippen molar-refractivity contribution in [3.63, 3.8) is 0 Å². The SMILES string of the molecule is Cc1cc(F)ccc1[C@@H]1CN(C(=O)OC(C)(C)C)CC[C@@H]1O. The predicted octanol–water partition coefficient (Wildman–Crippen LogP) is 3.22. The van der Waals surface area contributed by atoms with Gasteiger partial charge in [-0.25, -0.2) is 9.18 Å². The van der Waals surface area contributed by atoms with E-state index in [0.29, 0.717) is 19.5 Å². The Labute approximate surface area is 130 Å². The molecule has 1 heterocycles. The molecular weight excluding hydrogens is 285 g/mol. The first-order chi connectivity index (χ1) is 10.2. The van der Waals surface area contributed by atoms with Crippen LogP contribution in [0.3, 0.4) is 0 Å². The molecule has 0 saturated carbocycles. The standard InChI is InChI=1S/C17H24FNO3/c1-11-9-12(18)5-6-13(11)14-10-19(8-7-15(14)20)16(21)22-17(2,3)4/h5-6,9,14-15,20H,7-8,10H2,1-4H3/t14-,15-/m0/s1. The summed E-state index contributed by atoms with van der Waals surface area (Å²) < 4.78 is 18.6. The zero-order chi connectivity index (χ0) is 16.5. The molecular formula is C17H24FNO3. The Morgan fingerprint density at radius 3 is 2.68 bits per heavy atom. The number of nitrogens with zero attached hydrogens (tertiary/aromatic N) is 1. The first-order valence-corrected chi connectivity index (χ1v) is 7.59. The van der Waals surface area contributed by atoms with Gasteiger partial charge in [0.25, 0.3) is 0 Å². The number of halogens is 1. The van der Waals surface area contributed by atoms with Crippen molar-refractivity contribution in [2.24, 2.45) is 0 Å². The molecule has 1 amide bonds. The van der Waals surface area contributed by atoms with Gasteiger partial charge in [0.1, 0.15) is 11.4 Å². The number of amides is 1. The summed E-state index contributed by atoms with van der Waals surface area (Å²) in [5.74, 6) is -0.516. The van der Waals surface area contributed by atoms with Gasteiger partial charge in [0.05, 0.1) is 6.10 Å². The number of carbonyl (C=O) groups is 1. The fourth-order valence-electron chi connectivity index (χ4n) is 2.79. The van der Waals surface area contributed by atoms with E-state index in [1.807, 2.05) is 27.7 Å². The van der Waals surface area contributed by atoms with Crippen LogP contribution in [0.25, 0.3) is 0 Å². The number of hydrogen-bond acceptors (Lipinski definition) is 3. The van der Waals surface area contributed by atoms with Crippen molar-refractivity contribution in [1.29, 1.82) is 0 Å². The molecule has 1 saturated heterocycles. The van der Waals surface area contributed by atoms with E-state index in [1.54, 1.807) is 11.0 Å². The molecule has 1 fully saturated rings. The molecule has 0 aromatic heterocycles. The number of rotatable bonds is 1. The van der Waals surface area contributed by atoms with E-state index in [1.165, 1.54) is 12.1 Å². The zero-order valence-corrected chi connectivity index (χ0v) is 13.6. The topological polar surface area (TPSA) is 49.8 Å². The summed E-state index contributed by atoms with van der Waals surface area (Å²) in [4.78, 5) is 13.8. The lowest BCUT2D eigenvalue weighted by molar-refractivity contribution is 0.00399. The highest BCUT2D eigenvalue weighted by atomic mass is 19.1. The molecule has 1 aliphatic rings. The third kappa shape index (κ3) is 3.97. The smallest absolute Gasteiger partial charge is 0.410 e. The molecule has 1 aliphatic heterocycles. The predicted molar refractivity (Wildman–Crippen MR) is 82.3 cm³/mol. The van der Waals surface area contributed by atoms with Gasteiger partial charge in [-0.3, -0.25) is 0 Å². The summed E-state index contributed by atoms with van der Waals surface area (Å²) in [6, 6.07) is 4.53. The van der Waals surface area contributed by atoms with E-state index in [-0.39, 0.29) is 17.8 Å². The Kier molecular flexibility index (Phi) is 4.75. The third-order valence-corrected chi connectivity index (χ3v) is 3.86. The Hall–Kier alpha value is -1.62. The lowest BCUT2D eigenvalue weighted by Gasteiger charge is -2.37. The molecule has 1 aromatic carbocycles. The molecule has 122 valence electrons. The number of hydrogen-bond donors (Lipinski definition) is 1. The number of piperidine rings is 1. The van der Waals surface area contributed by atoms with Crippen LogP contribution in [-0.2, 0) is 4.74 Å². The van der Waals surface area contributed by atoms with Gasteiger partial charge >= 0.3 is 6.09 Å². The zero-order valence-electron chi connectivity index (χ0n) is 13.6. The van der Waals surface area contributed by atoms with Crippen LogP contribution in [0.2, 0.25) is 0 Å². The second kappa shape index (κ2) is 6.24. The van der Waals surface area contributed by atoms with Gasteiger partial charge in [-0.15, -0.1) is 0 Å². The maximum absolute atomic E-state index is 13.3. The molecule has 1 aromatic rings. The molecule has 0 spiro atoms. The summed E-state index contributed by atoms with van der Waals surface area (Å²) in [5, 5.41) is 10.3. The van der Waals surface area contributed by atoms with Crippen LogP contribution in [0.4, 0.5) is 9.18 Å². The molecule has 5 heteroatoms. The fourth-order valence-corrected chi connectivity index (χ4v) is 2.79. The second-order valence-electron chi connectivity index (χ2n) is 6.89.